The molecule has 0 aliphatic carbocycles. The molecule has 3 rings (SSSR count). The number of alkyl halides is 3. The Balaban J connectivity index is 1.94. The quantitative estimate of drug-likeness (QED) is 0.829. The first kappa shape index (κ1) is 15.0. The highest BCUT2D eigenvalue weighted by atomic mass is 19.4. The molecule has 2 aromatic rings. The number of hydrogen-bond acceptors (Lipinski definition) is 3. The van der Waals surface area contributed by atoms with Gasteiger partial charge in [-0.2, -0.15) is 13.2 Å². The van der Waals surface area contributed by atoms with Crippen molar-refractivity contribution in [1.82, 2.24) is 0 Å². The number of anilines is 1. The average Bonchev–Trinajstić information content (AvgIpc) is 2.76. The molecule has 3 nitrogen and oxygen atoms in total. The van der Waals surface area contributed by atoms with Crippen LogP contribution in [0.15, 0.2) is 65.3 Å². The molecule has 23 heavy (non-hydrogen) atoms. The number of benzene rings is 2. The zero-order valence-corrected chi connectivity index (χ0v) is 11.8. The third kappa shape index (κ3) is 3.15. The molecule has 6 heteroatoms. The van der Waals surface area contributed by atoms with Crippen LogP contribution in [0, 0.1) is 0 Å². The summed E-state index contributed by atoms with van der Waals surface area (Å²) in [7, 11) is 0. The van der Waals surface area contributed by atoms with Crippen LogP contribution in [0.25, 0.3) is 0 Å². The number of carbonyl (C=O) groups excluding carboxylic acids is 1. The van der Waals surface area contributed by atoms with Crippen molar-refractivity contribution in [2.75, 3.05) is 5.32 Å². The number of halogens is 3. The molecule has 116 valence electrons. The van der Waals surface area contributed by atoms with Crippen LogP contribution in [0.3, 0.4) is 0 Å². The van der Waals surface area contributed by atoms with Gasteiger partial charge in [-0.05, 0) is 24.3 Å². The number of nitrogens with zero attached hydrogens (tertiary/aromatic N) is 1. The van der Waals surface area contributed by atoms with Crippen LogP contribution in [0.2, 0.25) is 0 Å². The number of ketones is 1. The van der Waals surface area contributed by atoms with Gasteiger partial charge in [0.2, 0.25) is 0 Å². The molecule has 1 heterocycles. The highest BCUT2D eigenvalue weighted by molar-refractivity contribution is 6.10. The Kier molecular flexibility index (Phi) is 3.73. The van der Waals surface area contributed by atoms with Crippen LogP contribution in [-0.2, 0) is 0 Å². The zero-order chi connectivity index (χ0) is 16.4. The lowest BCUT2D eigenvalue weighted by atomic mass is 10.0. The van der Waals surface area contributed by atoms with Crippen molar-refractivity contribution >= 4 is 23.4 Å². The summed E-state index contributed by atoms with van der Waals surface area (Å²) in [6.45, 7) is 0. The molecular formula is C17H11F3N2O. The Morgan fingerprint density at radius 1 is 1.00 bits per heavy atom. The van der Waals surface area contributed by atoms with Gasteiger partial charge in [0.1, 0.15) is 5.70 Å². The molecule has 1 N–H and O–H groups in total. The monoisotopic (exact) mass is 316 g/mol. The van der Waals surface area contributed by atoms with Crippen molar-refractivity contribution < 1.29 is 18.0 Å². The van der Waals surface area contributed by atoms with Crippen molar-refractivity contribution in [1.29, 1.82) is 0 Å². The van der Waals surface area contributed by atoms with E-state index in [0.717, 1.165) is 12.3 Å². The molecule has 0 amide bonds. The first-order valence-corrected chi connectivity index (χ1v) is 6.77. The Morgan fingerprint density at radius 3 is 2.43 bits per heavy atom. The Labute approximate surface area is 130 Å². The largest absolute Gasteiger partial charge is 0.431 e. The summed E-state index contributed by atoms with van der Waals surface area (Å²) < 4.78 is 38.4. The molecule has 0 spiro atoms. The number of fused-ring (bicyclic) bond motifs is 1. The fourth-order valence-electron chi connectivity index (χ4n) is 2.19. The summed E-state index contributed by atoms with van der Waals surface area (Å²) in [4.78, 5) is 16.3. The van der Waals surface area contributed by atoms with Gasteiger partial charge < -0.3 is 5.32 Å². The molecule has 0 atom stereocenters. The topological polar surface area (TPSA) is 41.5 Å². The van der Waals surface area contributed by atoms with E-state index >= 15 is 0 Å². The van der Waals surface area contributed by atoms with Crippen LogP contribution in [-0.4, -0.2) is 18.2 Å². The van der Waals surface area contributed by atoms with Gasteiger partial charge in [0, 0.05) is 17.3 Å². The summed E-state index contributed by atoms with van der Waals surface area (Å²) in [6, 6.07) is 13.0. The number of hydrogen-bond donors (Lipinski definition) is 1. The highest BCUT2D eigenvalue weighted by Crippen LogP contribution is 2.34. The fraction of sp³-hybridized carbons (Fsp3) is 0.0588. The molecule has 1 aliphatic heterocycles. The van der Waals surface area contributed by atoms with Crippen LogP contribution in [0.5, 0.6) is 0 Å². The number of carbonyl (C=O) groups is 1. The summed E-state index contributed by atoms with van der Waals surface area (Å²) >= 11 is 0. The lowest BCUT2D eigenvalue weighted by Crippen LogP contribution is -2.18. The highest BCUT2D eigenvalue weighted by Gasteiger charge is 2.34. The Morgan fingerprint density at radius 2 is 1.74 bits per heavy atom. The van der Waals surface area contributed by atoms with Gasteiger partial charge in [-0.3, -0.25) is 9.79 Å². The maximum absolute atomic E-state index is 12.8. The standard InChI is InChI=1S/C17H11F3N2O/c18-17(19,20)15-8-9-21-14-10-12(6-7-13(14)22-15)16(23)11-4-2-1-3-5-11/h1-10,22H. The van der Waals surface area contributed by atoms with Gasteiger partial charge in [0.25, 0.3) is 0 Å². The molecule has 0 saturated carbocycles. The minimum Gasteiger partial charge on any atom is -0.350 e. The SMILES string of the molecule is O=C(c1ccccc1)c1ccc2c(c1)N=CC=C(C(F)(F)F)N2. The Bertz CT molecular complexity index is 808. The lowest BCUT2D eigenvalue weighted by molar-refractivity contribution is -0.0901. The van der Waals surface area contributed by atoms with Gasteiger partial charge in [-0.25, -0.2) is 0 Å². The van der Waals surface area contributed by atoms with Gasteiger partial charge >= 0.3 is 6.18 Å². The number of rotatable bonds is 2. The third-order valence-electron chi connectivity index (χ3n) is 3.33. The van der Waals surface area contributed by atoms with Gasteiger partial charge in [0.15, 0.2) is 5.78 Å². The predicted octanol–water partition coefficient (Wildman–Crippen LogP) is 4.49. The molecule has 0 unspecified atom stereocenters. The zero-order valence-electron chi connectivity index (χ0n) is 11.8. The minimum atomic E-state index is -4.49. The van der Waals surface area contributed by atoms with Crippen molar-refractivity contribution in [2.24, 2.45) is 4.99 Å². The van der Waals surface area contributed by atoms with E-state index in [1.807, 2.05) is 0 Å². The Hall–Kier alpha value is -2.89. The van der Waals surface area contributed by atoms with Gasteiger partial charge in [-0.15, -0.1) is 0 Å². The molecule has 0 radical (unpaired) electrons. The third-order valence-corrected chi connectivity index (χ3v) is 3.33. The average molecular weight is 316 g/mol. The van der Waals surface area contributed by atoms with Crippen LogP contribution in [0.1, 0.15) is 15.9 Å². The summed E-state index contributed by atoms with van der Waals surface area (Å²) in [6.07, 6.45) is -2.57. The second-order valence-corrected chi connectivity index (χ2v) is 4.91. The normalized spacial score (nSPS) is 13.6. The van der Waals surface area contributed by atoms with Crippen molar-refractivity contribution in [3.05, 3.63) is 71.4 Å². The second kappa shape index (κ2) is 5.72. The van der Waals surface area contributed by atoms with E-state index in [-0.39, 0.29) is 17.2 Å². The number of aliphatic imine (C=N–C) groups is 1. The summed E-state index contributed by atoms with van der Waals surface area (Å²) in [5, 5.41) is 2.31. The molecule has 0 saturated heterocycles. The van der Waals surface area contributed by atoms with Crippen LogP contribution < -0.4 is 5.32 Å². The minimum absolute atomic E-state index is 0.201. The molecule has 0 aromatic heterocycles. The molecule has 0 bridgehead atoms. The number of nitrogens with one attached hydrogen (secondary N) is 1. The van der Waals surface area contributed by atoms with E-state index in [4.69, 9.17) is 0 Å². The molecular weight excluding hydrogens is 305 g/mol. The van der Waals surface area contributed by atoms with E-state index < -0.39 is 11.9 Å². The predicted molar refractivity (Wildman–Crippen MR) is 82.2 cm³/mol. The van der Waals surface area contributed by atoms with Gasteiger partial charge in [0.05, 0.1) is 11.4 Å². The van der Waals surface area contributed by atoms with E-state index in [1.54, 1.807) is 30.3 Å². The van der Waals surface area contributed by atoms with E-state index in [9.17, 15) is 18.0 Å². The first-order valence-electron chi connectivity index (χ1n) is 6.77. The van der Waals surface area contributed by atoms with Crippen molar-refractivity contribution in [3.8, 4) is 0 Å². The van der Waals surface area contributed by atoms with Crippen molar-refractivity contribution in [3.63, 3.8) is 0 Å². The fourth-order valence-corrected chi connectivity index (χ4v) is 2.19. The first-order chi connectivity index (χ1) is 10.9. The summed E-state index contributed by atoms with van der Waals surface area (Å²) in [5.41, 5.74) is 0.452. The van der Waals surface area contributed by atoms with E-state index in [2.05, 4.69) is 10.3 Å². The molecule has 2 aromatic carbocycles. The van der Waals surface area contributed by atoms with Crippen molar-refractivity contribution in [2.45, 2.75) is 6.18 Å². The smallest absolute Gasteiger partial charge is 0.350 e. The lowest BCUT2D eigenvalue weighted by Gasteiger charge is -2.14. The van der Waals surface area contributed by atoms with Crippen LogP contribution >= 0.6 is 0 Å². The maximum atomic E-state index is 12.8. The molecule has 0 fully saturated rings. The maximum Gasteiger partial charge on any atom is 0.431 e. The van der Waals surface area contributed by atoms with E-state index in [0.29, 0.717) is 11.1 Å². The van der Waals surface area contributed by atoms with Gasteiger partial charge in [-0.1, -0.05) is 30.3 Å². The summed E-state index contributed by atoms with van der Waals surface area (Å²) in [5.74, 6) is -0.211. The van der Waals surface area contributed by atoms with E-state index in [1.165, 1.54) is 18.2 Å². The van der Waals surface area contributed by atoms with Crippen LogP contribution in [0.4, 0.5) is 24.5 Å². The molecule has 1 aliphatic rings. The number of allylic oxidation sites excluding steroid dienone is 2. The second-order valence-electron chi connectivity index (χ2n) is 4.91.